The van der Waals surface area contributed by atoms with Gasteiger partial charge in [0.05, 0.1) is 0 Å². The zero-order chi connectivity index (χ0) is 9.68. The smallest absolute Gasteiger partial charge is 0.111 e. The quantitative estimate of drug-likeness (QED) is 0.647. The molecule has 2 atom stereocenters. The van der Waals surface area contributed by atoms with Gasteiger partial charge in [-0.3, -0.25) is 0 Å². The molecule has 0 heterocycles. The highest BCUT2D eigenvalue weighted by Crippen LogP contribution is 2.12. The Morgan fingerprint density at radius 2 is 1.69 bits per heavy atom. The highest BCUT2D eigenvalue weighted by atomic mass is 16.3. The van der Waals surface area contributed by atoms with Gasteiger partial charge in [0.2, 0.25) is 0 Å². The van der Waals surface area contributed by atoms with Crippen molar-refractivity contribution < 1.29 is 5.11 Å². The number of benzene rings is 1. The lowest BCUT2D eigenvalue weighted by Gasteiger charge is -2.02. The fourth-order valence-electron chi connectivity index (χ4n) is 1.07. The van der Waals surface area contributed by atoms with Crippen molar-refractivity contribution in [2.24, 2.45) is 0 Å². The van der Waals surface area contributed by atoms with Gasteiger partial charge in [0.1, 0.15) is 6.10 Å². The van der Waals surface area contributed by atoms with Crippen LogP contribution in [-0.2, 0) is 0 Å². The van der Waals surface area contributed by atoms with Crippen molar-refractivity contribution in [3.8, 4) is 11.8 Å². The van der Waals surface area contributed by atoms with Gasteiger partial charge in [-0.25, -0.2) is 0 Å². The topological polar surface area (TPSA) is 20.2 Å². The number of rotatable bonds is 1. The largest absolute Gasteiger partial charge is 0.381 e. The number of aliphatic hydroxyl groups excluding tert-OH is 1. The lowest BCUT2D eigenvalue weighted by atomic mass is 10.0. The van der Waals surface area contributed by atoms with E-state index in [0.717, 1.165) is 0 Å². The van der Waals surface area contributed by atoms with E-state index in [1.165, 1.54) is 5.56 Å². The highest BCUT2D eigenvalue weighted by molar-refractivity contribution is 5.27. The third-order valence-electron chi connectivity index (χ3n) is 1.81. The number of hydrogen-bond donors (Lipinski definition) is 1. The molecule has 0 aliphatic carbocycles. The second-order valence-corrected chi connectivity index (χ2v) is 3.10. The second-order valence-electron chi connectivity index (χ2n) is 3.10. The van der Waals surface area contributed by atoms with Crippen LogP contribution in [0.1, 0.15) is 25.3 Å². The number of hydrogen-bond acceptors (Lipinski definition) is 1. The minimum Gasteiger partial charge on any atom is -0.381 e. The van der Waals surface area contributed by atoms with Crippen molar-refractivity contribution in [2.75, 3.05) is 0 Å². The van der Waals surface area contributed by atoms with E-state index in [9.17, 15) is 0 Å². The molecule has 1 N–H and O–H groups in total. The predicted octanol–water partition coefficient (Wildman–Crippen LogP) is 2.17. The zero-order valence-electron chi connectivity index (χ0n) is 7.99. The molecule has 0 radical (unpaired) electrons. The van der Waals surface area contributed by atoms with E-state index in [4.69, 9.17) is 5.11 Å². The average Bonchev–Trinajstić information content (AvgIpc) is 2.15. The summed E-state index contributed by atoms with van der Waals surface area (Å²) in [5.74, 6) is 5.94. The Kier molecular flexibility index (Phi) is 3.54. The Labute approximate surface area is 79.4 Å². The molecule has 1 nitrogen and oxygen atoms in total. The van der Waals surface area contributed by atoms with Crippen LogP contribution in [0, 0.1) is 11.8 Å². The van der Waals surface area contributed by atoms with Gasteiger partial charge in [-0.15, -0.1) is 0 Å². The molecule has 0 fully saturated rings. The van der Waals surface area contributed by atoms with E-state index in [1.54, 1.807) is 6.92 Å². The first-order chi connectivity index (χ1) is 6.20. The van der Waals surface area contributed by atoms with Crippen LogP contribution < -0.4 is 0 Å². The summed E-state index contributed by atoms with van der Waals surface area (Å²) in [7, 11) is 0. The van der Waals surface area contributed by atoms with E-state index in [0.29, 0.717) is 0 Å². The van der Waals surface area contributed by atoms with E-state index < -0.39 is 6.10 Å². The SMILES string of the molecule is C[C@H](C#C[C@@H](C)O)c1ccccc1. The molecule has 1 heteroatoms. The van der Waals surface area contributed by atoms with Gasteiger partial charge in [-0.1, -0.05) is 42.2 Å². The van der Waals surface area contributed by atoms with Crippen molar-refractivity contribution in [3.05, 3.63) is 35.9 Å². The summed E-state index contributed by atoms with van der Waals surface area (Å²) in [5.41, 5.74) is 1.19. The maximum Gasteiger partial charge on any atom is 0.111 e. The van der Waals surface area contributed by atoms with E-state index >= 15 is 0 Å². The summed E-state index contributed by atoms with van der Waals surface area (Å²) in [4.78, 5) is 0. The van der Waals surface area contributed by atoms with Crippen molar-refractivity contribution in [3.63, 3.8) is 0 Å². The predicted molar refractivity (Wildman–Crippen MR) is 54.3 cm³/mol. The molecule has 0 bridgehead atoms. The highest BCUT2D eigenvalue weighted by Gasteiger charge is 1.99. The summed E-state index contributed by atoms with van der Waals surface area (Å²) < 4.78 is 0. The van der Waals surface area contributed by atoms with E-state index in [1.807, 2.05) is 37.3 Å². The third-order valence-corrected chi connectivity index (χ3v) is 1.81. The lowest BCUT2D eigenvalue weighted by Crippen LogP contribution is -1.95. The molecule has 0 spiro atoms. The molecule has 1 aromatic carbocycles. The first kappa shape index (κ1) is 9.83. The summed E-state index contributed by atoms with van der Waals surface area (Å²) in [6.07, 6.45) is -0.536. The Morgan fingerprint density at radius 1 is 1.08 bits per heavy atom. The van der Waals surface area contributed by atoms with Crippen LogP contribution in [0.5, 0.6) is 0 Å². The molecule has 68 valence electrons. The van der Waals surface area contributed by atoms with Gasteiger partial charge in [0, 0.05) is 5.92 Å². The number of aliphatic hydroxyl groups is 1. The van der Waals surface area contributed by atoms with Gasteiger partial charge in [0.15, 0.2) is 0 Å². The van der Waals surface area contributed by atoms with Crippen LogP contribution in [0.25, 0.3) is 0 Å². The van der Waals surface area contributed by atoms with Crippen LogP contribution in [-0.4, -0.2) is 11.2 Å². The lowest BCUT2D eigenvalue weighted by molar-refractivity contribution is 0.253. The molecular formula is C12H14O. The molecule has 0 aromatic heterocycles. The van der Waals surface area contributed by atoms with Crippen LogP contribution >= 0.6 is 0 Å². The fourth-order valence-corrected chi connectivity index (χ4v) is 1.07. The van der Waals surface area contributed by atoms with Gasteiger partial charge in [0.25, 0.3) is 0 Å². The standard InChI is InChI=1S/C12H14O/c1-10(8-9-11(2)13)12-6-4-3-5-7-12/h3-7,10-11,13H,1-2H3/t10-,11-/m1/s1. The van der Waals surface area contributed by atoms with Crippen LogP contribution in [0.15, 0.2) is 30.3 Å². The molecule has 0 saturated carbocycles. The maximum absolute atomic E-state index is 8.97. The molecule has 0 aliphatic heterocycles. The molecule has 0 amide bonds. The monoisotopic (exact) mass is 174 g/mol. The molecular weight excluding hydrogens is 160 g/mol. The average molecular weight is 174 g/mol. The van der Waals surface area contributed by atoms with Gasteiger partial charge >= 0.3 is 0 Å². The van der Waals surface area contributed by atoms with Crippen LogP contribution in [0.2, 0.25) is 0 Å². The first-order valence-electron chi connectivity index (χ1n) is 4.44. The minimum absolute atomic E-state index is 0.191. The maximum atomic E-state index is 8.97. The summed E-state index contributed by atoms with van der Waals surface area (Å²) >= 11 is 0. The first-order valence-corrected chi connectivity index (χ1v) is 4.44. The molecule has 0 aliphatic rings. The summed E-state index contributed by atoms with van der Waals surface area (Å²) in [6.45, 7) is 3.70. The second kappa shape index (κ2) is 4.69. The summed E-state index contributed by atoms with van der Waals surface area (Å²) in [6, 6.07) is 10.1. The van der Waals surface area contributed by atoms with Gasteiger partial charge < -0.3 is 5.11 Å². The van der Waals surface area contributed by atoms with Crippen molar-refractivity contribution in [1.29, 1.82) is 0 Å². The van der Waals surface area contributed by atoms with Crippen LogP contribution in [0.4, 0.5) is 0 Å². The van der Waals surface area contributed by atoms with Gasteiger partial charge in [-0.2, -0.15) is 0 Å². The summed E-state index contributed by atoms with van der Waals surface area (Å²) in [5, 5.41) is 8.97. The molecule has 1 rings (SSSR count). The van der Waals surface area contributed by atoms with E-state index in [-0.39, 0.29) is 5.92 Å². The third kappa shape index (κ3) is 3.31. The molecule has 13 heavy (non-hydrogen) atoms. The fraction of sp³-hybridized carbons (Fsp3) is 0.333. The van der Waals surface area contributed by atoms with Crippen molar-refractivity contribution >= 4 is 0 Å². The zero-order valence-corrected chi connectivity index (χ0v) is 7.99. The Balaban J connectivity index is 2.71. The van der Waals surface area contributed by atoms with Gasteiger partial charge in [-0.05, 0) is 19.4 Å². The molecule has 0 unspecified atom stereocenters. The van der Waals surface area contributed by atoms with E-state index in [2.05, 4.69) is 11.8 Å². The van der Waals surface area contributed by atoms with Crippen molar-refractivity contribution in [1.82, 2.24) is 0 Å². The van der Waals surface area contributed by atoms with Crippen LogP contribution in [0.3, 0.4) is 0 Å². The Hall–Kier alpha value is -1.26. The minimum atomic E-state index is -0.536. The van der Waals surface area contributed by atoms with Crippen molar-refractivity contribution in [2.45, 2.75) is 25.9 Å². The normalized spacial score (nSPS) is 14.1. The molecule has 0 saturated heterocycles. The molecule has 1 aromatic rings. The Morgan fingerprint density at radius 3 is 2.23 bits per heavy atom. The Bertz CT molecular complexity index is 303.